The third-order valence-electron chi connectivity index (χ3n) is 3.80. The lowest BCUT2D eigenvalue weighted by atomic mass is 9.98. The van der Waals surface area contributed by atoms with Gasteiger partial charge in [0.25, 0.3) is 0 Å². The zero-order valence-electron chi connectivity index (χ0n) is 12.3. The molecule has 0 radical (unpaired) electrons. The number of nitrogens with one attached hydrogen (secondary N) is 1. The topological polar surface area (TPSA) is 24.5 Å². The van der Waals surface area contributed by atoms with Gasteiger partial charge in [-0.3, -0.25) is 0 Å². The van der Waals surface area contributed by atoms with E-state index in [2.05, 4.69) is 17.3 Å². The Morgan fingerprint density at radius 3 is 2.65 bits per heavy atom. The summed E-state index contributed by atoms with van der Waals surface area (Å²) in [6.07, 6.45) is 3.68. The number of piperidine rings is 1. The molecule has 0 amide bonds. The minimum absolute atomic E-state index is 0.749. The molecular formula is C16H25ClN2O. The van der Waals surface area contributed by atoms with Crippen molar-refractivity contribution >= 4 is 11.6 Å². The summed E-state index contributed by atoms with van der Waals surface area (Å²) in [5, 5.41) is 4.16. The Kier molecular flexibility index (Phi) is 6.64. The number of hydrogen-bond acceptors (Lipinski definition) is 3. The second-order valence-electron chi connectivity index (χ2n) is 5.61. The summed E-state index contributed by atoms with van der Waals surface area (Å²) >= 11 is 5.84. The van der Waals surface area contributed by atoms with E-state index in [1.165, 1.54) is 32.5 Å². The monoisotopic (exact) mass is 296 g/mol. The van der Waals surface area contributed by atoms with E-state index in [1.54, 1.807) is 0 Å². The second kappa shape index (κ2) is 8.50. The first-order valence-corrected chi connectivity index (χ1v) is 7.89. The third kappa shape index (κ3) is 5.70. The van der Waals surface area contributed by atoms with Crippen LogP contribution < -0.4 is 10.1 Å². The largest absolute Gasteiger partial charge is 0.494 e. The van der Waals surface area contributed by atoms with E-state index in [9.17, 15) is 0 Å². The number of nitrogens with zero attached hydrogens (tertiary/aromatic N) is 1. The molecule has 0 spiro atoms. The standard InChI is InChI=1S/C16H25ClN2O/c1-19(13-14-7-9-18-10-8-14)11-2-12-20-16-5-3-15(17)4-6-16/h3-6,14,18H,2,7-13H2,1H3. The quantitative estimate of drug-likeness (QED) is 0.783. The van der Waals surface area contributed by atoms with Crippen LogP contribution in [0.5, 0.6) is 5.75 Å². The van der Waals surface area contributed by atoms with Gasteiger partial charge in [-0.2, -0.15) is 0 Å². The summed E-state index contributed by atoms with van der Waals surface area (Å²) in [5.41, 5.74) is 0. The summed E-state index contributed by atoms with van der Waals surface area (Å²) in [6, 6.07) is 7.56. The van der Waals surface area contributed by atoms with Gasteiger partial charge in [-0.1, -0.05) is 11.6 Å². The molecule has 1 aromatic rings. The van der Waals surface area contributed by atoms with Crippen molar-refractivity contribution in [2.24, 2.45) is 5.92 Å². The van der Waals surface area contributed by atoms with Gasteiger partial charge < -0.3 is 15.0 Å². The molecule has 3 nitrogen and oxygen atoms in total. The fourth-order valence-corrected chi connectivity index (χ4v) is 2.78. The highest BCUT2D eigenvalue weighted by Gasteiger charge is 2.14. The molecule has 0 aromatic heterocycles. The molecule has 1 aliphatic rings. The second-order valence-corrected chi connectivity index (χ2v) is 6.05. The Morgan fingerprint density at radius 1 is 1.25 bits per heavy atom. The van der Waals surface area contributed by atoms with Crippen molar-refractivity contribution in [1.29, 1.82) is 0 Å². The van der Waals surface area contributed by atoms with Gasteiger partial charge in [-0.25, -0.2) is 0 Å². The van der Waals surface area contributed by atoms with Crippen molar-refractivity contribution in [3.05, 3.63) is 29.3 Å². The van der Waals surface area contributed by atoms with Gasteiger partial charge in [0.2, 0.25) is 0 Å². The van der Waals surface area contributed by atoms with Crippen LogP contribution in [0, 0.1) is 5.92 Å². The van der Waals surface area contributed by atoms with Crippen LogP contribution in [0.4, 0.5) is 0 Å². The number of benzene rings is 1. The maximum absolute atomic E-state index is 5.84. The summed E-state index contributed by atoms with van der Waals surface area (Å²) < 4.78 is 5.71. The fraction of sp³-hybridized carbons (Fsp3) is 0.625. The molecule has 1 saturated heterocycles. The highest BCUT2D eigenvalue weighted by atomic mass is 35.5. The summed E-state index contributed by atoms with van der Waals surface area (Å²) in [6.45, 7) is 5.43. The first-order chi connectivity index (χ1) is 9.74. The molecule has 1 N–H and O–H groups in total. The molecule has 1 heterocycles. The molecule has 0 atom stereocenters. The molecular weight excluding hydrogens is 272 g/mol. The van der Waals surface area contributed by atoms with Crippen molar-refractivity contribution in [3.63, 3.8) is 0 Å². The van der Waals surface area contributed by atoms with Crippen LogP contribution in [0.15, 0.2) is 24.3 Å². The molecule has 0 aliphatic carbocycles. The predicted molar refractivity (Wildman–Crippen MR) is 84.7 cm³/mol. The van der Waals surface area contributed by atoms with Crippen LogP contribution in [0.2, 0.25) is 5.02 Å². The molecule has 1 aromatic carbocycles. The van der Waals surface area contributed by atoms with E-state index in [1.807, 2.05) is 24.3 Å². The SMILES string of the molecule is CN(CCCOc1ccc(Cl)cc1)CC1CCNCC1. The zero-order valence-corrected chi connectivity index (χ0v) is 13.0. The normalized spacial score (nSPS) is 16.6. The van der Waals surface area contributed by atoms with Crippen LogP contribution >= 0.6 is 11.6 Å². The molecule has 0 unspecified atom stereocenters. The van der Waals surface area contributed by atoms with Gasteiger partial charge in [0.1, 0.15) is 5.75 Å². The predicted octanol–water partition coefficient (Wildman–Crippen LogP) is 3.04. The van der Waals surface area contributed by atoms with Crippen LogP contribution in [0.25, 0.3) is 0 Å². The minimum atomic E-state index is 0.749. The fourth-order valence-electron chi connectivity index (χ4n) is 2.65. The van der Waals surface area contributed by atoms with Crippen molar-refractivity contribution in [2.45, 2.75) is 19.3 Å². The van der Waals surface area contributed by atoms with E-state index in [0.29, 0.717) is 0 Å². The lowest BCUT2D eigenvalue weighted by Gasteiger charge is -2.27. The maximum atomic E-state index is 5.84. The van der Waals surface area contributed by atoms with Crippen molar-refractivity contribution < 1.29 is 4.74 Å². The molecule has 1 aliphatic heterocycles. The summed E-state index contributed by atoms with van der Waals surface area (Å²) in [7, 11) is 2.21. The first-order valence-electron chi connectivity index (χ1n) is 7.51. The molecule has 4 heteroatoms. The average molecular weight is 297 g/mol. The molecule has 112 valence electrons. The Hall–Kier alpha value is -0.770. The number of ether oxygens (including phenoxy) is 1. The van der Waals surface area contributed by atoms with Gasteiger partial charge in [0.15, 0.2) is 0 Å². The molecule has 2 rings (SSSR count). The maximum Gasteiger partial charge on any atom is 0.119 e. The van der Waals surface area contributed by atoms with E-state index in [0.717, 1.165) is 36.3 Å². The van der Waals surface area contributed by atoms with Gasteiger partial charge in [0, 0.05) is 18.1 Å². The lowest BCUT2D eigenvalue weighted by molar-refractivity contribution is 0.218. The van der Waals surface area contributed by atoms with Crippen molar-refractivity contribution in [3.8, 4) is 5.75 Å². The van der Waals surface area contributed by atoms with E-state index in [4.69, 9.17) is 16.3 Å². The van der Waals surface area contributed by atoms with E-state index >= 15 is 0 Å². The van der Waals surface area contributed by atoms with Crippen LogP contribution in [0.3, 0.4) is 0 Å². The smallest absolute Gasteiger partial charge is 0.119 e. The Morgan fingerprint density at radius 2 is 1.95 bits per heavy atom. The minimum Gasteiger partial charge on any atom is -0.494 e. The van der Waals surface area contributed by atoms with Crippen molar-refractivity contribution in [2.75, 3.05) is 39.8 Å². The number of halogens is 1. The Balaban J connectivity index is 1.56. The highest BCUT2D eigenvalue weighted by Crippen LogP contribution is 2.16. The van der Waals surface area contributed by atoms with Crippen LogP contribution in [-0.2, 0) is 0 Å². The molecule has 1 fully saturated rings. The van der Waals surface area contributed by atoms with E-state index in [-0.39, 0.29) is 0 Å². The highest BCUT2D eigenvalue weighted by molar-refractivity contribution is 6.30. The summed E-state index contributed by atoms with van der Waals surface area (Å²) in [5.74, 6) is 1.76. The lowest BCUT2D eigenvalue weighted by Crippen LogP contribution is -2.35. The average Bonchev–Trinajstić information content (AvgIpc) is 2.46. The van der Waals surface area contributed by atoms with E-state index < -0.39 is 0 Å². The first kappa shape index (κ1) is 15.6. The summed E-state index contributed by atoms with van der Waals surface area (Å²) in [4.78, 5) is 2.43. The molecule has 0 saturated carbocycles. The molecule has 0 bridgehead atoms. The number of rotatable bonds is 7. The van der Waals surface area contributed by atoms with Crippen LogP contribution in [-0.4, -0.2) is 44.7 Å². The van der Waals surface area contributed by atoms with Crippen molar-refractivity contribution in [1.82, 2.24) is 10.2 Å². The van der Waals surface area contributed by atoms with Gasteiger partial charge >= 0.3 is 0 Å². The third-order valence-corrected chi connectivity index (χ3v) is 4.05. The van der Waals surface area contributed by atoms with Gasteiger partial charge in [0.05, 0.1) is 6.61 Å². The Bertz CT molecular complexity index is 377. The zero-order chi connectivity index (χ0) is 14.2. The number of hydrogen-bond donors (Lipinski definition) is 1. The van der Waals surface area contributed by atoms with Gasteiger partial charge in [-0.05, 0) is 69.6 Å². The molecule has 20 heavy (non-hydrogen) atoms. The van der Waals surface area contributed by atoms with Gasteiger partial charge in [-0.15, -0.1) is 0 Å². The Labute approximate surface area is 127 Å². The van der Waals surface area contributed by atoms with Crippen LogP contribution in [0.1, 0.15) is 19.3 Å².